The van der Waals surface area contributed by atoms with E-state index in [0.29, 0.717) is 12.2 Å². The fourth-order valence-corrected chi connectivity index (χ4v) is 1.89. The first-order valence-corrected chi connectivity index (χ1v) is 5.63. The first-order chi connectivity index (χ1) is 8.59. The Hall–Kier alpha value is -1.95. The minimum Gasteiger partial charge on any atom is -0.480 e. The van der Waals surface area contributed by atoms with Gasteiger partial charge in [0.1, 0.15) is 0 Å². The molecule has 6 nitrogen and oxygen atoms in total. The summed E-state index contributed by atoms with van der Waals surface area (Å²) in [5.74, 6) is -1.37. The second-order valence-corrected chi connectivity index (χ2v) is 4.18. The van der Waals surface area contributed by atoms with Crippen LogP contribution in [0.2, 0.25) is 0 Å². The molecule has 1 N–H and O–H groups in total. The van der Waals surface area contributed by atoms with Crippen LogP contribution >= 0.6 is 0 Å². The summed E-state index contributed by atoms with van der Waals surface area (Å²) < 4.78 is 5.09. The zero-order valence-corrected chi connectivity index (χ0v) is 10.00. The number of pyridine rings is 1. The van der Waals surface area contributed by atoms with Gasteiger partial charge < -0.3 is 14.7 Å². The summed E-state index contributed by atoms with van der Waals surface area (Å²) >= 11 is 0. The third kappa shape index (κ3) is 2.48. The van der Waals surface area contributed by atoms with Crippen molar-refractivity contribution in [2.24, 2.45) is 0 Å². The Labute approximate surface area is 104 Å². The predicted octanol–water partition coefficient (Wildman–Crippen LogP) is 0.316. The highest BCUT2D eigenvalue weighted by atomic mass is 16.5. The second kappa shape index (κ2) is 5.14. The second-order valence-electron chi connectivity index (χ2n) is 4.18. The topological polar surface area (TPSA) is 79.7 Å². The van der Waals surface area contributed by atoms with Crippen LogP contribution < -0.4 is 0 Å². The van der Waals surface area contributed by atoms with E-state index in [1.54, 1.807) is 12.3 Å². The van der Waals surface area contributed by atoms with E-state index in [2.05, 4.69) is 4.98 Å². The number of carbonyl (C=O) groups is 2. The van der Waals surface area contributed by atoms with Crippen molar-refractivity contribution in [3.05, 3.63) is 29.6 Å². The van der Waals surface area contributed by atoms with Crippen LogP contribution in [0.4, 0.5) is 0 Å². The summed E-state index contributed by atoms with van der Waals surface area (Å²) in [4.78, 5) is 28.6. The number of carboxylic acid groups (broad SMARTS) is 1. The van der Waals surface area contributed by atoms with Crippen LogP contribution in [0.5, 0.6) is 0 Å². The lowest BCUT2D eigenvalue weighted by Crippen LogP contribution is -2.52. The highest BCUT2D eigenvalue weighted by Crippen LogP contribution is 2.13. The van der Waals surface area contributed by atoms with E-state index in [0.717, 1.165) is 5.56 Å². The highest BCUT2D eigenvalue weighted by Gasteiger charge is 2.33. The summed E-state index contributed by atoms with van der Waals surface area (Å²) in [7, 11) is 0. The molecule has 0 aliphatic carbocycles. The maximum atomic E-state index is 12.2. The molecule has 1 aliphatic rings. The standard InChI is InChI=1S/C12H14N2O4/c1-8-4-9(6-13-5-8)11(15)14-2-3-18-7-10(14)12(16)17/h4-6,10H,2-3,7H2,1H3,(H,16,17). The molecule has 6 heteroatoms. The maximum Gasteiger partial charge on any atom is 0.328 e. The molecule has 1 amide bonds. The van der Waals surface area contributed by atoms with Crippen LogP contribution in [0.15, 0.2) is 18.5 Å². The number of amides is 1. The van der Waals surface area contributed by atoms with Crippen LogP contribution in [0.1, 0.15) is 15.9 Å². The molecule has 1 unspecified atom stereocenters. The van der Waals surface area contributed by atoms with E-state index < -0.39 is 12.0 Å². The van der Waals surface area contributed by atoms with Crippen molar-refractivity contribution < 1.29 is 19.4 Å². The zero-order valence-electron chi connectivity index (χ0n) is 10.00. The number of carbonyl (C=O) groups excluding carboxylic acids is 1. The molecule has 1 aromatic rings. The fourth-order valence-electron chi connectivity index (χ4n) is 1.89. The summed E-state index contributed by atoms with van der Waals surface area (Å²) in [6, 6.07) is 0.774. The van der Waals surface area contributed by atoms with Gasteiger partial charge in [-0.1, -0.05) is 0 Å². The SMILES string of the molecule is Cc1cncc(C(=O)N2CCOCC2C(=O)O)c1. The molecule has 1 aromatic heterocycles. The number of aryl methyl sites for hydroxylation is 1. The minimum absolute atomic E-state index is 0.0281. The van der Waals surface area contributed by atoms with Gasteiger partial charge >= 0.3 is 5.97 Å². The summed E-state index contributed by atoms with van der Waals surface area (Å²) in [6.07, 6.45) is 3.09. The molecule has 0 spiro atoms. The Kier molecular flexibility index (Phi) is 3.57. The lowest BCUT2D eigenvalue weighted by Gasteiger charge is -2.32. The molecule has 1 fully saturated rings. The van der Waals surface area contributed by atoms with E-state index in [9.17, 15) is 9.59 Å². The monoisotopic (exact) mass is 250 g/mol. The molecule has 1 atom stereocenters. The van der Waals surface area contributed by atoms with E-state index in [4.69, 9.17) is 9.84 Å². The molecule has 0 bridgehead atoms. The van der Waals surface area contributed by atoms with Crippen LogP contribution in [0, 0.1) is 6.92 Å². The molecule has 1 aliphatic heterocycles. The van der Waals surface area contributed by atoms with Crippen LogP contribution in [-0.4, -0.2) is 52.7 Å². The number of carboxylic acids is 1. The Morgan fingerprint density at radius 1 is 1.50 bits per heavy atom. The lowest BCUT2D eigenvalue weighted by molar-refractivity contribution is -0.147. The van der Waals surface area contributed by atoms with Crippen LogP contribution in [-0.2, 0) is 9.53 Å². The van der Waals surface area contributed by atoms with Gasteiger partial charge in [-0.2, -0.15) is 0 Å². The van der Waals surface area contributed by atoms with Crippen molar-refractivity contribution in [3.8, 4) is 0 Å². The van der Waals surface area contributed by atoms with Crippen molar-refractivity contribution in [2.75, 3.05) is 19.8 Å². The van der Waals surface area contributed by atoms with Gasteiger partial charge in [0.05, 0.1) is 18.8 Å². The van der Waals surface area contributed by atoms with Gasteiger partial charge in [-0.3, -0.25) is 9.78 Å². The molecule has 18 heavy (non-hydrogen) atoms. The molecule has 2 heterocycles. The Morgan fingerprint density at radius 2 is 2.28 bits per heavy atom. The van der Waals surface area contributed by atoms with Crippen molar-refractivity contribution in [1.29, 1.82) is 0 Å². The fraction of sp³-hybridized carbons (Fsp3) is 0.417. The predicted molar refractivity (Wildman–Crippen MR) is 62.3 cm³/mol. The number of nitrogens with zero attached hydrogens (tertiary/aromatic N) is 2. The number of hydrogen-bond acceptors (Lipinski definition) is 4. The zero-order chi connectivity index (χ0) is 13.1. The third-order valence-electron chi connectivity index (χ3n) is 2.80. The van der Waals surface area contributed by atoms with Gasteiger partial charge in [0.15, 0.2) is 6.04 Å². The molecule has 1 saturated heterocycles. The quantitative estimate of drug-likeness (QED) is 0.817. The van der Waals surface area contributed by atoms with Gasteiger partial charge in [0.25, 0.3) is 5.91 Å². The molecule has 0 saturated carbocycles. The summed E-state index contributed by atoms with van der Waals surface area (Å²) in [5.41, 5.74) is 1.27. The van der Waals surface area contributed by atoms with Gasteiger partial charge in [-0.15, -0.1) is 0 Å². The van der Waals surface area contributed by atoms with Crippen molar-refractivity contribution in [2.45, 2.75) is 13.0 Å². The number of aliphatic carboxylic acids is 1. The number of hydrogen-bond donors (Lipinski definition) is 1. The van der Waals surface area contributed by atoms with E-state index in [1.807, 2.05) is 6.92 Å². The van der Waals surface area contributed by atoms with Crippen molar-refractivity contribution in [3.63, 3.8) is 0 Å². The third-order valence-corrected chi connectivity index (χ3v) is 2.80. The highest BCUT2D eigenvalue weighted by molar-refractivity contribution is 5.96. The number of ether oxygens (including phenoxy) is 1. The average molecular weight is 250 g/mol. The summed E-state index contributed by atoms with van der Waals surface area (Å²) in [5, 5.41) is 9.07. The van der Waals surface area contributed by atoms with Gasteiger partial charge in [-0.25, -0.2) is 4.79 Å². The Bertz CT molecular complexity index is 475. The van der Waals surface area contributed by atoms with Crippen molar-refractivity contribution >= 4 is 11.9 Å². The van der Waals surface area contributed by atoms with E-state index in [1.165, 1.54) is 11.1 Å². The van der Waals surface area contributed by atoms with E-state index >= 15 is 0 Å². The Balaban J connectivity index is 2.23. The molecular formula is C12H14N2O4. The Morgan fingerprint density at radius 3 is 2.94 bits per heavy atom. The van der Waals surface area contributed by atoms with Crippen LogP contribution in [0.3, 0.4) is 0 Å². The smallest absolute Gasteiger partial charge is 0.328 e. The molecular weight excluding hydrogens is 236 g/mol. The number of rotatable bonds is 2. The molecule has 0 radical (unpaired) electrons. The van der Waals surface area contributed by atoms with Crippen molar-refractivity contribution in [1.82, 2.24) is 9.88 Å². The van der Waals surface area contributed by atoms with E-state index in [-0.39, 0.29) is 19.1 Å². The number of morpholine rings is 1. The lowest BCUT2D eigenvalue weighted by atomic mass is 10.1. The van der Waals surface area contributed by atoms with Gasteiger partial charge in [0.2, 0.25) is 0 Å². The number of aromatic nitrogens is 1. The first kappa shape index (κ1) is 12.5. The minimum atomic E-state index is -1.05. The molecule has 96 valence electrons. The van der Waals surface area contributed by atoms with Gasteiger partial charge in [0, 0.05) is 18.9 Å². The average Bonchev–Trinajstić information content (AvgIpc) is 2.38. The largest absolute Gasteiger partial charge is 0.480 e. The molecule has 2 rings (SSSR count). The van der Waals surface area contributed by atoms with Gasteiger partial charge in [-0.05, 0) is 18.6 Å². The summed E-state index contributed by atoms with van der Waals surface area (Å²) in [6.45, 7) is 2.50. The normalized spacial score (nSPS) is 19.6. The first-order valence-electron chi connectivity index (χ1n) is 5.63. The van der Waals surface area contributed by atoms with Crippen LogP contribution in [0.25, 0.3) is 0 Å². The molecule has 0 aromatic carbocycles. The maximum absolute atomic E-state index is 12.2.